The quantitative estimate of drug-likeness (QED) is 0.503. The van der Waals surface area contributed by atoms with Gasteiger partial charge in [0.05, 0.1) is 16.2 Å². The summed E-state index contributed by atoms with van der Waals surface area (Å²) in [5.74, 6) is 3.86. The number of halogens is 1. The Labute approximate surface area is 129 Å². The number of H-pyrrole nitrogens is 1. The number of nitrogens with zero attached hydrogens (tertiary/aromatic N) is 3. The summed E-state index contributed by atoms with van der Waals surface area (Å²) in [5.41, 5.74) is 1.87. The molecular weight excluding hydrogens is 332 g/mol. The van der Waals surface area contributed by atoms with Crippen LogP contribution in [0.2, 0.25) is 0 Å². The maximum absolute atomic E-state index is 4.37. The third-order valence-electron chi connectivity index (χ3n) is 2.75. The number of benzene rings is 1. The highest BCUT2D eigenvalue weighted by Gasteiger charge is 2.05. The highest BCUT2D eigenvalue weighted by atomic mass is 79.9. The first-order valence-corrected chi connectivity index (χ1v) is 6.96. The normalized spacial score (nSPS) is 10.0. The van der Waals surface area contributed by atoms with Crippen LogP contribution in [0.25, 0.3) is 10.9 Å². The molecule has 0 radical (unpaired) electrons. The fourth-order valence-corrected chi connectivity index (χ4v) is 2.08. The number of aromatic amines is 1. The summed E-state index contributed by atoms with van der Waals surface area (Å²) >= 11 is 3.38. The molecule has 3 rings (SSSR count). The lowest BCUT2D eigenvalue weighted by Crippen LogP contribution is -2.01. The van der Waals surface area contributed by atoms with E-state index in [0.29, 0.717) is 11.8 Å². The van der Waals surface area contributed by atoms with Gasteiger partial charge in [-0.1, -0.05) is 5.92 Å². The van der Waals surface area contributed by atoms with Crippen molar-refractivity contribution in [2.24, 2.45) is 0 Å². The van der Waals surface area contributed by atoms with Crippen LogP contribution in [-0.4, -0.2) is 20.2 Å². The first-order chi connectivity index (χ1) is 10.3. The minimum absolute atomic E-state index is 0.487. The molecule has 1 aromatic carbocycles. The van der Waals surface area contributed by atoms with Crippen molar-refractivity contribution in [1.82, 2.24) is 20.2 Å². The average Bonchev–Trinajstić information content (AvgIpc) is 2.95. The molecule has 7 heteroatoms. The van der Waals surface area contributed by atoms with Gasteiger partial charge in [-0.15, -0.1) is 0 Å². The van der Waals surface area contributed by atoms with E-state index in [2.05, 4.69) is 58.7 Å². The van der Waals surface area contributed by atoms with Gasteiger partial charge in [0.25, 0.3) is 0 Å². The average molecular weight is 343 g/mol. The molecule has 0 aliphatic rings. The summed E-state index contributed by atoms with van der Waals surface area (Å²) in [5, 5.41) is 14.0. The maximum atomic E-state index is 4.37. The van der Waals surface area contributed by atoms with Crippen molar-refractivity contribution in [2.75, 3.05) is 10.6 Å². The SMILES string of the molecule is CC#CNc1nc(Nc2ccc3[nH]ncc3c2)ncc1Br. The molecule has 104 valence electrons. The lowest BCUT2D eigenvalue weighted by molar-refractivity contribution is 1.12. The van der Waals surface area contributed by atoms with E-state index in [1.54, 1.807) is 19.3 Å². The molecule has 2 heterocycles. The lowest BCUT2D eigenvalue weighted by atomic mass is 10.2. The smallest absolute Gasteiger partial charge is 0.229 e. The molecule has 2 aromatic heterocycles. The Morgan fingerprint density at radius 3 is 3.05 bits per heavy atom. The first-order valence-electron chi connectivity index (χ1n) is 6.17. The summed E-state index contributed by atoms with van der Waals surface area (Å²) in [6, 6.07) is 8.62. The van der Waals surface area contributed by atoms with Crippen LogP contribution in [0.3, 0.4) is 0 Å². The fraction of sp³-hybridized carbons (Fsp3) is 0.0714. The Hall–Kier alpha value is -2.59. The second-order valence-electron chi connectivity index (χ2n) is 4.19. The summed E-state index contributed by atoms with van der Waals surface area (Å²) in [6.07, 6.45) is 3.44. The first kappa shape index (κ1) is 13.4. The standard InChI is InChI=1S/C14H11BrN6/c1-2-5-16-13-11(15)8-17-14(20-13)19-10-3-4-12-9(6-10)7-18-21-12/h3-4,6-8H,1H3,(H,18,21)(H2,16,17,19,20). The molecule has 0 saturated carbocycles. The predicted molar refractivity (Wildman–Crippen MR) is 86.2 cm³/mol. The van der Waals surface area contributed by atoms with Crippen molar-refractivity contribution in [3.8, 4) is 12.0 Å². The summed E-state index contributed by atoms with van der Waals surface area (Å²) < 4.78 is 0.751. The van der Waals surface area contributed by atoms with Gasteiger partial charge in [-0.05, 0) is 41.1 Å². The second kappa shape index (κ2) is 5.81. The maximum Gasteiger partial charge on any atom is 0.229 e. The Bertz CT molecular complexity index is 845. The third kappa shape index (κ3) is 2.95. The van der Waals surface area contributed by atoms with E-state index in [1.165, 1.54) is 0 Å². The molecule has 3 N–H and O–H groups in total. The molecule has 0 spiro atoms. The number of anilines is 3. The molecule has 0 unspecified atom stereocenters. The van der Waals surface area contributed by atoms with Gasteiger partial charge in [0.1, 0.15) is 0 Å². The molecule has 0 atom stereocenters. The molecule has 0 aliphatic heterocycles. The van der Waals surface area contributed by atoms with Gasteiger partial charge in [-0.3, -0.25) is 10.4 Å². The highest BCUT2D eigenvalue weighted by molar-refractivity contribution is 9.10. The summed E-state index contributed by atoms with van der Waals surface area (Å²) in [4.78, 5) is 8.60. The molecule has 6 nitrogen and oxygen atoms in total. The van der Waals surface area contributed by atoms with Crippen molar-refractivity contribution >= 4 is 44.3 Å². The van der Waals surface area contributed by atoms with Crippen LogP contribution in [0.4, 0.5) is 17.5 Å². The van der Waals surface area contributed by atoms with Gasteiger partial charge >= 0.3 is 0 Å². The monoisotopic (exact) mass is 342 g/mol. The van der Waals surface area contributed by atoms with Gasteiger partial charge in [-0.2, -0.15) is 10.1 Å². The fourth-order valence-electron chi connectivity index (χ4n) is 1.79. The molecule has 0 bridgehead atoms. The minimum atomic E-state index is 0.487. The zero-order chi connectivity index (χ0) is 14.7. The van der Waals surface area contributed by atoms with E-state index < -0.39 is 0 Å². The lowest BCUT2D eigenvalue weighted by Gasteiger charge is -2.07. The van der Waals surface area contributed by atoms with Crippen LogP contribution in [0.15, 0.2) is 35.1 Å². The third-order valence-corrected chi connectivity index (χ3v) is 3.33. The van der Waals surface area contributed by atoms with E-state index in [4.69, 9.17) is 0 Å². The Balaban J connectivity index is 1.87. The number of fused-ring (bicyclic) bond motifs is 1. The zero-order valence-electron chi connectivity index (χ0n) is 11.1. The van der Waals surface area contributed by atoms with Crippen molar-refractivity contribution in [3.63, 3.8) is 0 Å². The number of rotatable bonds is 3. The van der Waals surface area contributed by atoms with E-state index in [0.717, 1.165) is 21.1 Å². The number of nitrogens with one attached hydrogen (secondary N) is 3. The number of aromatic nitrogens is 4. The van der Waals surface area contributed by atoms with Gasteiger partial charge in [0.15, 0.2) is 5.82 Å². The van der Waals surface area contributed by atoms with Gasteiger partial charge in [-0.25, -0.2) is 4.98 Å². The van der Waals surface area contributed by atoms with E-state index >= 15 is 0 Å². The molecule has 0 amide bonds. The van der Waals surface area contributed by atoms with Gasteiger partial charge in [0, 0.05) is 23.3 Å². The van der Waals surface area contributed by atoms with Crippen LogP contribution in [0.5, 0.6) is 0 Å². The van der Waals surface area contributed by atoms with Crippen LogP contribution < -0.4 is 10.6 Å². The number of hydrogen-bond donors (Lipinski definition) is 3. The van der Waals surface area contributed by atoms with Crippen molar-refractivity contribution in [3.05, 3.63) is 35.1 Å². The van der Waals surface area contributed by atoms with Crippen molar-refractivity contribution in [2.45, 2.75) is 6.92 Å². The van der Waals surface area contributed by atoms with E-state index in [1.807, 2.05) is 18.2 Å². The zero-order valence-corrected chi connectivity index (χ0v) is 12.7. The highest BCUT2D eigenvalue weighted by Crippen LogP contribution is 2.23. The topological polar surface area (TPSA) is 78.5 Å². The van der Waals surface area contributed by atoms with Gasteiger partial charge in [0.2, 0.25) is 5.95 Å². The van der Waals surface area contributed by atoms with Crippen LogP contribution >= 0.6 is 15.9 Å². The largest absolute Gasteiger partial charge is 0.324 e. The Kier molecular flexibility index (Phi) is 3.71. The molecule has 0 saturated heterocycles. The molecule has 0 fully saturated rings. The Morgan fingerprint density at radius 1 is 1.29 bits per heavy atom. The van der Waals surface area contributed by atoms with E-state index in [9.17, 15) is 0 Å². The second-order valence-corrected chi connectivity index (χ2v) is 5.04. The molecular formula is C14H11BrN6. The molecule has 21 heavy (non-hydrogen) atoms. The number of hydrogen-bond acceptors (Lipinski definition) is 5. The van der Waals surface area contributed by atoms with E-state index in [-0.39, 0.29) is 0 Å². The summed E-state index contributed by atoms with van der Waals surface area (Å²) in [7, 11) is 0. The van der Waals surface area contributed by atoms with Crippen LogP contribution in [0, 0.1) is 12.0 Å². The minimum Gasteiger partial charge on any atom is -0.324 e. The van der Waals surface area contributed by atoms with Crippen LogP contribution in [-0.2, 0) is 0 Å². The Morgan fingerprint density at radius 2 is 2.19 bits per heavy atom. The molecule has 3 aromatic rings. The summed E-state index contributed by atoms with van der Waals surface area (Å²) in [6.45, 7) is 1.75. The van der Waals surface area contributed by atoms with Crippen molar-refractivity contribution in [1.29, 1.82) is 0 Å². The predicted octanol–water partition coefficient (Wildman–Crippen LogP) is 3.25. The van der Waals surface area contributed by atoms with Crippen LogP contribution in [0.1, 0.15) is 6.92 Å². The molecule has 0 aliphatic carbocycles. The van der Waals surface area contributed by atoms with Crippen molar-refractivity contribution < 1.29 is 0 Å². The van der Waals surface area contributed by atoms with Gasteiger partial charge < -0.3 is 5.32 Å².